The van der Waals surface area contributed by atoms with Gasteiger partial charge in [-0.25, -0.2) is 4.79 Å². The van der Waals surface area contributed by atoms with E-state index in [0.717, 1.165) is 11.1 Å². The van der Waals surface area contributed by atoms with E-state index >= 15 is 0 Å². The molecule has 216 valence electrons. The molecule has 0 fully saturated rings. The second-order valence-corrected chi connectivity index (χ2v) is 10.2. The van der Waals surface area contributed by atoms with E-state index in [1.54, 1.807) is 31.2 Å². The number of carbonyl (C=O) groups excluding carboxylic acids is 1. The topological polar surface area (TPSA) is 134 Å². The lowest BCUT2D eigenvalue weighted by Crippen LogP contribution is -2.36. The Kier molecular flexibility index (Phi) is 10.9. The van der Waals surface area contributed by atoms with Crippen LogP contribution in [-0.2, 0) is 19.1 Å². The highest BCUT2D eigenvalue weighted by Gasteiger charge is 2.42. The molecule has 0 saturated carbocycles. The number of halogens is 1. The van der Waals surface area contributed by atoms with Crippen LogP contribution < -0.4 is 0 Å². The van der Waals surface area contributed by atoms with E-state index < -0.39 is 23.8 Å². The van der Waals surface area contributed by atoms with Crippen LogP contribution in [0, 0.1) is 5.92 Å². The number of aliphatic carboxylic acids is 1. The first-order valence-corrected chi connectivity index (χ1v) is 13.9. The third-order valence-electron chi connectivity index (χ3n) is 7.09. The van der Waals surface area contributed by atoms with Crippen molar-refractivity contribution in [2.24, 2.45) is 16.0 Å². The van der Waals surface area contributed by atoms with Crippen LogP contribution in [0.4, 0.5) is 0 Å². The number of carbonyl (C=O) groups is 2. The maximum absolute atomic E-state index is 13.8. The van der Waals surface area contributed by atoms with E-state index in [0.29, 0.717) is 22.7 Å². The first kappa shape index (κ1) is 30.5. The summed E-state index contributed by atoms with van der Waals surface area (Å²) < 4.78 is 11.5. The largest absolute Gasteiger partial charge is 0.481 e. The Labute approximate surface area is 249 Å². The normalized spacial score (nSPS) is 16.5. The third-order valence-corrected chi connectivity index (χ3v) is 7.33. The quantitative estimate of drug-likeness (QED) is 0.0760. The second kappa shape index (κ2) is 15.0. The predicted octanol–water partition coefficient (Wildman–Crippen LogP) is 6.95. The van der Waals surface area contributed by atoms with Gasteiger partial charge < -0.3 is 14.6 Å². The fourth-order valence-electron chi connectivity index (χ4n) is 5.23. The zero-order valence-electron chi connectivity index (χ0n) is 23.1. The van der Waals surface area contributed by atoms with Crippen molar-refractivity contribution in [2.45, 2.75) is 25.2 Å². The van der Waals surface area contributed by atoms with Crippen molar-refractivity contribution in [1.82, 2.24) is 0 Å². The monoisotopic (exact) mass is 586 g/mol. The number of benzene rings is 3. The lowest BCUT2D eigenvalue weighted by atomic mass is 9.75. The van der Waals surface area contributed by atoms with E-state index in [1.807, 2.05) is 60.7 Å². The second-order valence-electron chi connectivity index (χ2n) is 9.77. The molecule has 4 rings (SSSR count). The Hall–Kier alpha value is -4.43. The molecule has 2 atom stereocenters. The molecule has 10 heteroatoms. The molecule has 0 saturated heterocycles. The van der Waals surface area contributed by atoms with Gasteiger partial charge >= 0.3 is 11.9 Å². The summed E-state index contributed by atoms with van der Waals surface area (Å²) in [4.78, 5) is 33.5. The fourth-order valence-corrected chi connectivity index (χ4v) is 5.43. The number of aliphatic imine (C=N–C) groups is 1. The molecule has 0 amide bonds. The van der Waals surface area contributed by atoms with Crippen LogP contribution in [0.5, 0.6) is 0 Å². The van der Waals surface area contributed by atoms with Gasteiger partial charge in [0.1, 0.15) is 5.92 Å². The van der Waals surface area contributed by atoms with Crippen LogP contribution in [0.1, 0.15) is 41.9 Å². The van der Waals surface area contributed by atoms with Crippen LogP contribution in [-0.4, -0.2) is 49.1 Å². The van der Waals surface area contributed by atoms with Gasteiger partial charge in [0.05, 0.1) is 31.1 Å². The standard InChI is InChI=1S/C32H31ClN4O5/c1-21-28(31(38)39)29(24-13-8-14-25(33)19-24)30(27(36-21)20-41-18-16-35-37-34)32(40)42-17-15-26(22-9-4-2-5-10-22)23-11-6-3-7-12-23/h2-14,19,26,28-29H,15-18,20H2,1H3,(H,38,39). The third kappa shape index (κ3) is 7.64. The van der Waals surface area contributed by atoms with E-state index in [1.165, 1.54) is 0 Å². The summed E-state index contributed by atoms with van der Waals surface area (Å²) in [7, 11) is 0. The maximum Gasteiger partial charge on any atom is 0.336 e. The minimum atomic E-state index is -1.12. The zero-order valence-corrected chi connectivity index (χ0v) is 23.9. The Balaban J connectivity index is 1.65. The van der Waals surface area contributed by atoms with Crippen LogP contribution in [0.2, 0.25) is 5.02 Å². The molecule has 0 spiro atoms. The van der Waals surface area contributed by atoms with Gasteiger partial charge in [0.25, 0.3) is 0 Å². The van der Waals surface area contributed by atoms with Gasteiger partial charge in [-0.2, -0.15) is 0 Å². The number of azide groups is 1. The van der Waals surface area contributed by atoms with Crippen molar-refractivity contribution in [3.8, 4) is 0 Å². The van der Waals surface area contributed by atoms with Crippen molar-refractivity contribution in [3.63, 3.8) is 0 Å². The number of hydrogen-bond donors (Lipinski definition) is 1. The number of nitrogens with zero attached hydrogens (tertiary/aromatic N) is 4. The molecule has 42 heavy (non-hydrogen) atoms. The minimum absolute atomic E-state index is 0.0141. The number of hydrogen-bond acceptors (Lipinski definition) is 6. The van der Waals surface area contributed by atoms with Gasteiger partial charge in [0, 0.05) is 34.0 Å². The highest BCUT2D eigenvalue weighted by Crippen LogP contribution is 2.40. The van der Waals surface area contributed by atoms with Crippen LogP contribution >= 0.6 is 11.6 Å². The minimum Gasteiger partial charge on any atom is -0.481 e. The van der Waals surface area contributed by atoms with Crippen molar-refractivity contribution in [2.75, 3.05) is 26.4 Å². The maximum atomic E-state index is 13.8. The summed E-state index contributed by atoms with van der Waals surface area (Å²) in [5, 5.41) is 14.1. The van der Waals surface area contributed by atoms with Gasteiger partial charge in [0.15, 0.2) is 0 Å². The Bertz CT molecular complexity index is 1460. The molecule has 9 nitrogen and oxygen atoms in total. The molecule has 0 radical (unpaired) electrons. The summed E-state index contributed by atoms with van der Waals surface area (Å²) in [6, 6.07) is 26.7. The molecule has 0 bridgehead atoms. The van der Waals surface area contributed by atoms with E-state index in [4.69, 9.17) is 26.6 Å². The summed E-state index contributed by atoms with van der Waals surface area (Å²) in [5.74, 6) is -3.82. The Morgan fingerprint density at radius 1 is 1.02 bits per heavy atom. The average Bonchev–Trinajstić information content (AvgIpc) is 2.99. The van der Waals surface area contributed by atoms with Gasteiger partial charge in [-0.3, -0.25) is 9.79 Å². The molecule has 1 heterocycles. The lowest BCUT2D eigenvalue weighted by Gasteiger charge is -2.31. The average molecular weight is 587 g/mol. The van der Waals surface area contributed by atoms with Crippen molar-refractivity contribution >= 4 is 29.3 Å². The molecule has 1 N–H and O–H groups in total. The molecule has 1 aliphatic heterocycles. The highest BCUT2D eigenvalue weighted by atomic mass is 35.5. The predicted molar refractivity (Wildman–Crippen MR) is 161 cm³/mol. The molecule has 1 aliphatic rings. The van der Waals surface area contributed by atoms with E-state index in [2.05, 4.69) is 15.0 Å². The van der Waals surface area contributed by atoms with Crippen LogP contribution in [0.15, 0.2) is 106 Å². The van der Waals surface area contributed by atoms with E-state index in [9.17, 15) is 14.7 Å². The fraction of sp³-hybridized carbons (Fsp3) is 0.281. The smallest absolute Gasteiger partial charge is 0.336 e. The van der Waals surface area contributed by atoms with Crippen LogP contribution in [0.3, 0.4) is 0 Å². The first-order valence-electron chi connectivity index (χ1n) is 13.5. The van der Waals surface area contributed by atoms with E-state index in [-0.39, 0.29) is 43.6 Å². The zero-order chi connectivity index (χ0) is 29.9. The molecule has 0 aromatic heterocycles. The SMILES string of the molecule is CC1=NC(COCCN=[N+]=[N-])=C(C(=O)OCCC(c2ccccc2)c2ccccc2)C(c2cccc(Cl)c2)C1C(=O)O. The summed E-state index contributed by atoms with van der Waals surface area (Å²) in [6.07, 6.45) is 0.511. The summed E-state index contributed by atoms with van der Waals surface area (Å²) in [6.45, 7) is 1.81. The highest BCUT2D eigenvalue weighted by molar-refractivity contribution is 6.30. The van der Waals surface area contributed by atoms with Gasteiger partial charge in [-0.05, 0) is 47.7 Å². The Morgan fingerprint density at radius 2 is 1.69 bits per heavy atom. The Morgan fingerprint density at radius 3 is 2.29 bits per heavy atom. The number of rotatable bonds is 13. The molecule has 3 aromatic carbocycles. The summed E-state index contributed by atoms with van der Waals surface area (Å²) >= 11 is 6.28. The molecule has 0 aliphatic carbocycles. The molecular formula is C32H31ClN4O5. The molecule has 2 unspecified atom stereocenters. The van der Waals surface area contributed by atoms with Gasteiger partial charge in [0.2, 0.25) is 0 Å². The molecular weight excluding hydrogens is 556 g/mol. The van der Waals surface area contributed by atoms with Crippen molar-refractivity contribution < 1.29 is 24.2 Å². The number of ether oxygens (including phenoxy) is 2. The van der Waals surface area contributed by atoms with Gasteiger partial charge in [-0.1, -0.05) is 89.5 Å². The van der Waals surface area contributed by atoms with Gasteiger partial charge in [-0.15, -0.1) is 0 Å². The molecule has 3 aromatic rings. The summed E-state index contributed by atoms with van der Waals surface area (Å²) in [5.41, 5.74) is 12.0. The van der Waals surface area contributed by atoms with Crippen LogP contribution in [0.25, 0.3) is 10.4 Å². The number of esters is 1. The van der Waals surface area contributed by atoms with Crippen molar-refractivity contribution in [3.05, 3.63) is 128 Å². The number of carboxylic acids is 1. The first-order chi connectivity index (χ1) is 20.4. The van der Waals surface area contributed by atoms with Crippen molar-refractivity contribution in [1.29, 1.82) is 0 Å². The number of carboxylic acid groups (broad SMARTS) is 1. The lowest BCUT2D eigenvalue weighted by molar-refractivity contribution is -0.141.